The van der Waals surface area contributed by atoms with Gasteiger partial charge in [0.25, 0.3) is 0 Å². The Morgan fingerprint density at radius 1 is 0.950 bits per heavy atom. The molecule has 2 amide bonds. The zero-order valence-corrected chi connectivity index (χ0v) is 24.8. The molecule has 0 unspecified atom stereocenters. The normalized spacial score (nSPS) is 12.5. The Morgan fingerprint density at radius 3 is 2.15 bits per heavy atom. The molecule has 0 spiro atoms. The molecule has 0 aliphatic rings. The molecular weight excluding hydrogens is 529 g/mol. The van der Waals surface area contributed by atoms with Crippen LogP contribution in [-0.4, -0.2) is 49.5 Å². The van der Waals surface area contributed by atoms with Crippen LogP contribution in [0, 0.1) is 19.7 Å². The lowest BCUT2D eigenvalue weighted by molar-refractivity contribution is -0.140. The summed E-state index contributed by atoms with van der Waals surface area (Å²) in [6, 6.07) is 19.5. The third-order valence-corrected chi connectivity index (χ3v) is 7.49. The summed E-state index contributed by atoms with van der Waals surface area (Å²) in [7, 11) is -3.89. The molecule has 0 heterocycles. The van der Waals surface area contributed by atoms with E-state index in [1.54, 1.807) is 37.3 Å². The van der Waals surface area contributed by atoms with Crippen LogP contribution in [0.3, 0.4) is 0 Å². The minimum atomic E-state index is -3.89. The van der Waals surface area contributed by atoms with E-state index in [1.807, 2.05) is 64.1 Å². The Morgan fingerprint density at radius 2 is 1.57 bits per heavy atom. The van der Waals surface area contributed by atoms with E-state index in [0.29, 0.717) is 11.3 Å². The SMILES string of the molecule is Cc1ccc(N(CC(=O)N(Cc2ccccc2F)[C@H](Cc2ccccc2)C(=O)NC(C)(C)C)S(C)(=O)=O)c(C)c1. The first kappa shape index (κ1) is 30.8. The number of benzene rings is 3. The van der Waals surface area contributed by atoms with Crippen molar-refractivity contribution in [1.29, 1.82) is 0 Å². The summed E-state index contributed by atoms with van der Waals surface area (Å²) in [5.74, 6) is -1.57. The number of sulfonamides is 1. The number of nitrogens with one attached hydrogen (secondary N) is 1. The molecule has 3 aromatic rings. The fraction of sp³-hybridized carbons (Fsp3) is 0.355. The maximum atomic E-state index is 14.8. The lowest BCUT2D eigenvalue weighted by Gasteiger charge is -2.35. The van der Waals surface area contributed by atoms with E-state index < -0.39 is 45.8 Å². The van der Waals surface area contributed by atoms with Crippen molar-refractivity contribution in [3.63, 3.8) is 0 Å². The highest BCUT2D eigenvalue weighted by molar-refractivity contribution is 7.92. The van der Waals surface area contributed by atoms with Gasteiger partial charge in [0.05, 0.1) is 11.9 Å². The molecule has 0 saturated carbocycles. The van der Waals surface area contributed by atoms with Crippen LogP contribution in [0.1, 0.15) is 43.0 Å². The molecule has 0 bridgehead atoms. The van der Waals surface area contributed by atoms with Gasteiger partial charge in [-0.15, -0.1) is 0 Å². The number of rotatable bonds is 10. The van der Waals surface area contributed by atoms with E-state index in [2.05, 4.69) is 5.32 Å². The van der Waals surface area contributed by atoms with E-state index >= 15 is 0 Å². The minimum absolute atomic E-state index is 0.158. The molecule has 0 aromatic heterocycles. The van der Waals surface area contributed by atoms with Crippen LogP contribution in [0.5, 0.6) is 0 Å². The lowest BCUT2D eigenvalue weighted by Crippen LogP contribution is -2.56. The van der Waals surface area contributed by atoms with Gasteiger partial charge in [-0.25, -0.2) is 12.8 Å². The summed E-state index contributed by atoms with van der Waals surface area (Å²) < 4.78 is 41.8. The number of halogens is 1. The van der Waals surface area contributed by atoms with Crippen LogP contribution < -0.4 is 9.62 Å². The highest BCUT2D eigenvalue weighted by Crippen LogP contribution is 2.25. The monoisotopic (exact) mass is 567 g/mol. The van der Waals surface area contributed by atoms with Crippen LogP contribution in [0.25, 0.3) is 0 Å². The second-order valence-corrected chi connectivity index (χ2v) is 13.0. The van der Waals surface area contributed by atoms with E-state index in [0.717, 1.165) is 21.7 Å². The predicted molar refractivity (Wildman–Crippen MR) is 157 cm³/mol. The largest absolute Gasteiger partial charge is 0.350 e. The molecule has 3 rings (SSSR count). The Kier molecular flexibility index (Phi) is 9.73. The number of aryl methyl sites for hydroxylation is 2. The molecule has 0 saturated heterocycles. The molecule has 0 aliphatic carbocycles. The zero-order valence-electron chi connectivity index (χ0n) is 23.9. The van der Waals surface area contributed by atoms with Gasteiger partial charge >= 0.3 is 0 Å². The highest BCUT2D eigenvalue weighted by Gasteiger charge is 2.35. The van der Waals surface area contributed by atoms with Crippen molar-refractivity contribution in [2.24, 2.45) is 0 Å². The number of hydrogen-bond donors (Lipinski definition) is 1. The molecule has 1 N–H and O–H groups in total. The number of hydrogen-bond acceptors (Lipinski definition) is 4. The third kappa shape index (κ3) is 8.39. The van der Waals surface area contributed by atoms with Crippen LogP contribution in [0.15, 0.2) is 72.8 Å². The number of nitrogens with zero attached hydrogens (tertiary/aromatic N) is 2. The van der Waals surface area contributed by atoms with Crippen molar-refractivity contribution in [2.75, 3.05) is 17.1 Å². The summed E-state index contributed by atoms with van der Waals surface area (Å²) in [4.78, 5) is 29.1. The molecule has 7 nitrogen and oxygen atoms in total. The minimum Gasteiger partial charge on any atom is -0.350 e. The smallest absolute Gasteiger partial charge is 0.244 e. The van der Waals surface area contributed by atoms with Crippen molar-refractivity contribution in [2.45, 2.75) is 59.2 Å². The van der Waals surface area contributed by atoms with Gasteiger partial charge in [0.15, 0.2) is 0 Å². The topological polar surface area (TPSA) is 86.8 Å². The molecule has 0 aliphatic heterocycles. The molecule has 9 heteroatoms. The Labute approximate surface area is 237 Å². The van der Waals surface area contributed by atoms with Gasteiger partial charge < -0.3 is 10.2 Å². The summed E-state index contributed by atoms with van der Waals surface area (Å²) in [5, 5.41) is 2.95. The van der Waals surface area contributed by atoms with Gasteiger partial charge in [-0.2, -0.15) is 0 Å². The van der Waals surface area contributed by atoms with E-state index in [-0.39, 0.29) is 18.5 Å². The van der Waals surface area contributed by atoms with Crippen molar-refractivity contribution in [1.82, 2.24) is 10.2 Å². The highest BCUT2D eigenvalue weighted by atomic mass is 32.2. The summed E-state index contributed by atoms with van der Waals surface area (Å²) in [5.41, 5.74) is 2.42. The first-order valence-corrected chi connectivity index (χ1v) is 14.9. The van der Waals surface area contributed by atoms with Crippen molar-refractivity contribution >= 4 is 27.5 Å². The van der Waals surface area contributed by atoms with Gasteiger partial charge in [-0.1, -0.05) is 66.2 Å². The second-order valence-electron chi connectivity index (χ2n) is 11.1. The molecule has 1 atom stereocenters. The van der Waals surface area contributed by atoms with Gasteiger partial charge in [-0.05, 0) is 57.9 Å². The first-order chi connectivity index (χ1) is 18.7. The van der Waals surface area contributed by atoms with E-state index in [4.69, 9.17) is 0 Å². The van der Waals surface area contributed by atoms with Crippen molar-refractivity contribution in [3.8, 4) is 0 Å². The van der Waals surface area contributed by atoms with Gasteiger partial charge in [0, 0.05) is 24.1 Å². The number of carbonyl (C=O) groups is 2. The quantitative estimate of drug-likeness (QED) is 0.383. The van der Waals surface area contributed by atoms with Gasteiger partial charge in [-0.3, -0.25) is 13.9 Å². The first-order valence-electron chi connectivity index (χ1n) is 13.1. The Hall–Kier alpha value is -3.72. The number of anilines is 1. The molecule has 3 aromatic carbocycles. The predicted octanol–water partition coefficient (Wildman–Crippen LogP) is 4.76. The van der Waals surface area contributed by atoms with Crippen molar-refractivity contribution in [3.05, 3.63) is 101 Å². The van der Waals surface area contributed by atoms with E-state index in [9.17, 15) is 22.4 Å². The maximum Gasteiger partial charge on any atom is 0.244 e. The summed E-state index contributed by atoms with van der Waals surface area (Å²) in [6.07, 6.45) is 1.19. The number of amides is 2. The Bertz CT molecular complexity index is 1450. The molecule has 40 heavy (non-hydrogen) atoms. The van der Waals surface area contributed by atoms with Crippen LogP contribution >= 0.6 is 0 Å². The van der Waals surface area contributed by atoms with Crippen LogP contribution in [0.2, 0.25) is 0 Å². The summed E-state index contributed by atoms with van der Waals surface area (Å²) in [6.45, 7) is 8.40. The molecule has 214 valence electrons. The molecule has 0 fully saturated rings. The second kappa shape index (κ2) is 12.6. The van der Waals surface area contributed by atoms with Crippen molar-refractivity contribution < 1.29 is 22.4 Å². The zero-order chi connectivity index (χ0) is 29.7. The molecular formula is C31H38FN3O4S. The van der Waals surface area contributed by atoms with Crippen LogP contribution in [-0.2, 0) is 32.6 Å². The van der Waals surface area contributed by atoms with Crippen LogP contribution in [0.4, 0.5) is 10.1 Å². The average molecular weight is 568 g/mol. The average Bonchev–Trinajstić information content (AvgIpc) is 2.85. The Balaban J connectivity index is 2.10. The molecule has 0 radical (unpaired) electrons. The fourth-order valence-corrected chi connectivity index (χ4v) is 5.40. The lowest BCUT2D eigenvalue weighted by atomic mass is 10.0. The van der Waals surface area contributed by atoms with Gasteiger partial charge in [0.2, 0.25) is 21.8 Å². The number of carbonyl (C=O) groups excluding carboxylic acids is 2. The third-order valence-electron chi connectivity index (χ3n) is 6.37. The maximum absolute atomic E-state index is 14.8. The fourth-order valence-electron chi connectivity index (χ4n) is 4.50. The van der Waals surface area contributed by atoms with E-state index in [1.165, 1.54) is 11.0 Å². The standard InChI is InChI=1S/C31H38FN3O4S/c1-22-16-17-27(23(2)18-22)35(40(6,38)39)21-29(36)34(20-25-14-10-11-15-26(25)32)28(30(37)33-31(3,4)5)19-24-12-8-7-9-13-24/h7-18,28H,19-21H2,1-6H3,(H,33,37)/t28-/m1/s1. The summed E-state index contributed by atoms with van der Waals surface area (Å²) >= 11 is 0. The van der Waals surface area contributed by atoms with Gasteiger partial charge in [0.1, 0.15) is 18.4 Å².